The van der Waals surface area contributed by atoms with Crippen molar-refractivity contribution in [1.29, 1.82) is 0 Å². The molecular weight excluding hydrogens is 498 g/mol. The number of unbranched alkanes of at least 4 members (excludes halogenated alkanes) is 7. The molecule has 0 spiro atoms. The molecule has 2 nitrogen and oxygen atoms in total. The van der Waals surface area contributed by atoms with Crippen LogP contribution in [0.25, 0.3) is 54.2 Å². The Hall–Kier alpha value is -3.62. The molecule has 0 bridgehead atoms. The van der Waals surface area contributed by atoms with Gasteiger partial charge in [0.15, 0.2) is 0 Å². The summed E-state index contributed by atoms with van der Waals surface area (Å²) >= 11 is 0. The maximum absolute atomic E-state index is 6.11. The van der Waals surface area contributed by atoms with Crippen LogP contribution >= 0.6 is 0 Å². The number of hydrogen-bond donors (Lipinski definition) is 0. The molecule has 0 N–H and O–H groups in total. The first-order chi connectivity index (χ1) is 20.0. The minimum atomic E-state index is 0.800. The van der Waals surface area contributed by atoms with Crippen LogP contribution in [-0.2, 0) is 0 Å². The van der Waals surface area contributed by atoms with Gasteiger partial charge >= 0.3 is 0 Å². The smallest absolute Gasteiger partial charge is 0.119 e. The largest absolute Gasteiger partial charge is 0.494 e. The van der Waals surface area contributed by atoms with Crippen LogP contribution in [-0.4, -0.2) is 38.8 Å². The van der Waals surface area contributed by atoms with Gasteiger partial charge in [-0.05, 0) is 85.6 Å². The monoisotopic (exact) mass is 542 g/mol. The first-order valence-corrected chi connectivity index (χ1v) is 15.6. The van der Waals surface area contributed by atoms with E-state index in [-0.39, 0.29) is 0 Å². The number of hydrogen-bond acceptors (Lipinski definition) is 1. The Morgan fingerprint density at radius 2 is 1.02 bits per heavy atom. The van der Waals surface area contributed by atoms with Crippen molar-refractivity contribution in [2.24, 2.45) is 0 Å². The predicted molar refractivity (Wildman–Crippen MR) is 178 cm³/mol. The van der Waals surface area contributed by atoms with Gasteiger partial charge < -0.3 is 9.22 Å². The normalized spacial score (nSPS) is 12.3. The van der Waals surface area contributed by atoms with E-state index in [0.29, 0.717) is 0 Å². The van der Waals surface area contributed by atoms with Gasteiger partial charge in [-0.1, -0.05) is 111 Å². The second kappa shape index (κ2) is 12.1. The highest BCUT2D eigenvalue weighted by atomic mass is 16.5. The highest BCUT2D eigenvalue weighted by Gasteiger charge is 2.15. The van der Waals surface area contributed by atoms with E-state index < -0.39 is 0 Å². The van der Waals surface area contributed by atoms with Gasteiger partial charge in [0.25, 0.3) is 0 Å². The molecule has 0 saturated carbocycles. The molecule has 0 aliphatic carbocycles. The number of fused-ring (bicyclic) bond motifs is 2. The van der Waals surface area contributed by atoms with E-state index in [2.05, 4.69) is 112 Å². The molecule has 0 aliphatic rings. The molecule has 0 aliphatic heterocycles. The Kier molecular flexibility index (Phi) is 8.12. The number of ether oxygens (including phenoxy) is 1. The zero-order chi connectivity index (χ0) is 28.2. The van der Waals surface area contributed by atoms with Crippen LogP contribution in [0.2, 0.25) is 0 Å². The summed E-state index contributed by atoms with van der Waals surface area (Å²) in [6.45, 7) is 2.09. The van der Waals surface area contributed by atoms with Crippen LogP contribution in [0.4, 0.5) is 0 Å². The fraction of sp³-hybridized carbons (Fsp3) is 0.333. The summed E-state index contributed by atoms with van der Waals surface area (Å²) in [4.78, 5) is 0. The average Bonchev–Trinajstić information content (AvgIpc) is 2.98. The summed E-state index contributed by atoms with van der Waals surface area (Å²) in [5.41, 5.74) is 2.51. The molecule has 6 aromatic carbocycles. The number of rotatable bonds is 13. The van der Waals surface area contributed by atoms with Crippen molar-refractivity contribution in [3.05, 3.63) is 91.0 Å². The third kappa shape index (κ3) is 6.04. The molecule has 0 unspecified atom stereocenters. The molecule has 0 amide bonds. The van der Waals surface area contributed by atoms with Crippen molar-refractivity contribution in [3.63, 3.8) is 0 Å². The number of benzene rings is 6. The van der Waals surface area contributed by atoms with E-state index in [0.717, 1.165) is 23.3 Å². The quantitative estimate of drug-likeness (QED) is 0.0610. The molecule has 6 aromatic rings. The lowest BCUT2D eigenvalue weighted by Gasteiger charge is -2.23. The van der Waals surface area contributed by atoms with Crippen molar-refractivity contribution in [1.82, 2.24) is 0 Å². The maximum Gasteiger partial charge on any atom is 0.119 e. The van der Waals surface area contributed by atoms with Crippen molar-refractivity contribution >= 4 is 43.1 Å². The highest BCUT2D eigenvalue weighted by molar-refractivity contribution is 6.34. The molecule has 0 fully saturated rings. The van der Waals surface area contributed by atoms with E-state index in [1.165, 1.54) is 106 Å². The van der Waals surface area contributed by atoms with Gasteiger partial charge in [0.1, 0.15) is 5.75 Å². The standard InChI is InChI=1S/C39H44NO/c1-40(2,3)27-10-8-6-4-5-7-9-11-28-41-31-23-21-29(22-24-31)32-25-26-37-35-18-13-16-30-15-12-17-34(38(30)35)36-20-14-19-33(32)39(36)37/h12-26H,4-11,27-28H2,1-3H3/q+1. The Labute approximate surface area is 245 Å². The van der Waals surface area contributed by atoms with Crippen LogP contribution in [0.5, 0.6) is 5.75 Å². The number of nitrogens with zero attached hydrogens (tertiary/aromatic N) is 1. The summed E-state index contributed by atoms with van der Waals surface area (Å²) in [5, 5.41) is 10.7. The minimum absolute atomic E-state index is 0.800. The minimum Gasteiger partial charge on any atom is -0.494 e. The van der Waals surface area contributed by atoms with E-state index in [1.54, 1.807) is 0 Å². The van der Waals surface area contributed by atoms with Gasteiger partial charge in [0.2, 0.25) is 0 Å². The molecular formula is C39H44NO+. The van der Waals surface area contributed by atoms with Gasteiger partial charge in [0, 0.05) is 0 Å². The van der Waals surface area contributed by atoms with E-state index >= 15 is 0 Å². The van der Waals surface area contributed by atoms with Gasteiger partial charge in [-0.25, -0.2) is 0 Å². The van der Waals surface area contributed by atoms with E-state index in [4.69, 9.17) is 4.74 Å². The average molecular weight is 543 g/mol. The first-order valence-electron chi connectivity index (χ1n) is 15.6. The van der Waals surface area contributed by atoms with Gasteiger partial charge in [-0.3, -0.25) is 0 Å². The Morgan fingerprint density at radius 1 is 0.488 bits per heavy atom. The topological polar surface area (TPSA) is 9.23 Å². The van der Waals surface area contributed by atoms with E-state index in [9.17, 15) is 0 Å². The van der Waals surface area contributed by atoms with Crippen molar-refractivity contribution in [2.45, 2.75) is 51.4 Å². The predicted octanol–water partition coefficient (Wildman–Crippen LogP) is 10.6. The molecule has 0 heterocycles. The van der Waals surface area contributed by atoms with E-state index in [1.807, 2.05) is 0 Å². The van der Waals surface area contributed by atoms with Crippen molar-refractivity contribution in [3.8, 4) is 16.9 Å². The zero-order valence-electron chi connectivity index (χ0n) is 25.1. The number of quaternary nitrogens is 1. The van der Waals surface area contributed by atoms with Crippen LogP contribution in [0.15, 0.2) is 91.0 Å². The SMILES string of the molecule is C[N+](C)(C)CCCCCCCCCCOc1ccc(-c2ccc3c4cccc5cccc(c6cccc2c63)c54)cc1. The molecule has 0 saturated heterocycles. The zero-order valence-corrected chi connectivity index (χ0v) is 25.1. The lowest BCUT2D eigenvalue weighted by molar-refractivity contribution is -0.870. The third-order valence-corrected chi connectivity index (χ3v) is 8.68. The summed E-state index contributed by atoms with van der Waals surface area (Å²) in [7, 11) is 6.85. The van der Waals surface area contributed by atoms with Gasteiger partial charge in [-0.2, -0.15) is 0 Å². The fourth-order valence-electron chi connectivity index (χ4n) is 6.57. The van der Waals surface area contributed by atoms with Crippen LogP contribution < -0.4 is 4.74 Å². The molecule has 0 atom stereocenters. The highest BCUT2D eigenvalue weighted by Crippen LogP contribution is 2.43. The fourth-order valence-corrected chi connectivity index (χ4v) is 6.57. The lowest BCUT2D eigenvalue weighted by atomic mass is 9.87. The Morgan fingerprint density at radius 3 is 1.68 bits per heavy atom. The molecule has 6 rings (SSSR count). The van der Waals surface area contributed by atoms with Crippen molar-refractivity contribution in [2.75, 3.05) is 34.3 Å². The molecule has 2 heteroatoms. The molecule has 0 aromatic heterocycles. The second-order valence-corrected chi connectivity index (χ2v) is 12.8. The van der Waals surface area contributed by atoms with Crippen molar-refractivity contribution < 1.29 is 9.22 Å². The molecule has 0 radical (unpaired) electrons. The Balaban J connectivity index is 1.08. The summed E-state index contributed by atoms with van der Waals surface area (Å²) in [5.74, 6) is 0.967. The molecule has 210 valence electrons. The summed E-state index contributed by atoms with van der Waals surface area (Å²) < 4.78 is 7.19. The molecule has 41 heavy (non-hydrogen) atoms. The van der Waals surface area contributed by atoms with Crippen LogP contribution in [0, 0.1) is 0 Å². The second-order valence-electron chi connectivity index (χ2n) is 12.8. The Bertz CT molecular complexity index is 1690. The summed E-state index contributed by atoms with van der Waals surface area (Å²) in [6, 6.07) is 33.5. The third-order valence-electron chi connectivity index (χ3n) is 8.68. The summed E-state index contributed by atoms with van der Waals surface area (Å²) in [6.07, 6.45) is 10.5. The van der Waals surface area contributed by atoms with Gasteiger partial charge in [-0.15, -0.1) is 0 Å². The van der Waals surface area contributed by atoms with Gasteiger partial charge in [0.05, 0.1) is 34.3 Å². The lowest BCUT2D eigenvalue weighted by Crippen LogP contribution is -2.35. The first kappa shape index (κ1) is 27.5. The van der Waals surface area contributed by atoms with Crippen LogP contribution in [0.1, 0.15) is 51.4 Å². The van der Waals surface area contributed by atoms with Crippen LogP contribution in [0.3, 0.4) is 0 Å². The maximum atomic E-state index is 6.11.